The van der Waals surface area contributed by atoms with Crippen molar-refractivity contribution in [3.63, 3.8) is 0 Å². The highest BCUT2D eigenvalue weighted by atomic mass is 16.5. The highest BCUT2D eigenvalue weighted by Gasteiger charge is 2.21. The zero-order valence-corrected chi connectivity index (χ0v) is 25.9. The van der Waals surface area contributed by atoms with Gasteiger partial charge in [0.1, 0.15) is 11.6 Å². The number of rotatable bonds is 13. The molecule has 3 amide bonds. The van der Waals surface area contributed by atoms with E-state index in [0.29, 0.717) is 53.5 Å². The number of allylic oxidation sites excluding steroid dienone is 1. The Hall–Kier alpha value is -4.67. The van der Waals surface area contributed by atoms with Gasteiger partial charge in [-0.05, 0) is 38.3 Å². The van der Waals surface area contributed by atoms with E-state index in [-0.39, 0.29) is 28.9 Å². The minimum absolute atomic E-state index is 0.00894. The van der Waals surface area contributed by atoms with Crippen molar-refractivity contribution < 1.29 is 14.1 Å². The lowest BCUT2D eigenvalue weighted by molar-refractivity contribution is -0.121. The number of carbonyl (C=O) groups excluding carboxylic acids is 2. The van der Waals surface area contributed by atoms with Crippen LogP contribution < -0.4 is 27.0 Å². The molecule has 0 unspecified atom stereocenters. The number of hydrogen-bond donors (Lipinski definition) is 6. The van der Waals surface area contributed by atoms with Gasteiger partial charge in [0, 0.05) is 53.5 Å². The number of carbonyl (C=O) groups is 2. The molecule has 3 rings (SSSR count). The fourth-order valence-electron chi connectivity index (χ4n) is 4.25. The van der Waals surface area contributed by atoms with Crippen LogP contribution >= 0.6 is 0 Å². The van der Waals surface area contributed by atoms with E-state index in [2.05, 4.69) is 31.4 Å². The van der Waals surface area contributed by atoms with Gasteiger partial charge in [0.2, 0.25) is 5.91 Å². The van der Waals surface area contributed by atoms with E-state index >= 15 is 0 Å². The number of nitrogen functional groups attached to an aromatic ring is 1. The third-order valence-corrected chi connectivity index (χ3v) is 6.61. The van der Waals surface area contributed by atoms with Crippen molar-refractivity contribution in [2.24, 2.45) is 0 Å². The lowest BCUT2D eigenvalue weighted by Gasteiger charge is -2.19. The predicted octanol–water partition coefficient (Wildman–Crippen LogP) is 6.54. The van der Waals surface area contributed by atoms with Crippen LogP contribution in [0.2, 0.25) is 0 Å². The van der Waals surface area contributed by atoms with Crippen LogP contribution in [-0.2, 0) is 10.2 Å². The van der Waals surface area contributed by atoms with Crippen molar-refractivity contribution in [3.05, 3.63) is 65.1 Å². The van der Waals surface area contributed by atoms with E-state index < -0.39 is 6.03 Å². The third-order valence-electron chi connectivity index (χ3n) is 6.61. The lowest BCUT2D eigenvalue weighted by Crippen LogP contribution is -2.33. The molecule has 3 aromatic rings. The van der Waals surface area contributed by atoms with Gasteiger partial charge in [-0.15, -0.1) is 0 Å². The summed E-state index contributed by atoms with van der Waals surface area (Å²) >= 11 is 0. The van der Waals surface area contributed by atoms with Gasteiger partial charge in [-0.25, -0.2) is 9.78 Å². The van der Waals surface area contributed by atoms with Gasteiger partial charge in [0.05, 0.1) is 17.0 Å². The van der Waals surface area contributed by atoms with Crippen LogP contribution in [0.5, 0.6) is 0 Å². The number of urea groups is 1. The Morgan fingerprint density at radius 3 is 2.49 bits per heavy atom. The Morgan fingerprint density at radius 1 is 1.14 bits per heavy atom. The summed E-state index contributed by atoms with van der Waals surface area (Å²) < 4.78 is 5.32. The second kappa shape index (κ2) is 15.0. The third kappa shape index (κ3) is 9.42. The molecule has 11 nitrogen and oxygen atoms in total. The monoisotopic (exact) mass is 588 g/mol. The molecule has 43 heavy (non-hydrogen) atoms. The highest BCUT2D eigenvalue weighted by molar-refractivity contribution is 6.17. The van der Waals surface area contributed by atoms with E-state index in [1.54, 1.807) is 36.5 Å². The lowest BCUT2D eigenvalue weighted by atomic mass is 9.93. The molecule has 0 bridgehead atoms. The summed E-state index contributed by atoms with van der Waals surface area (Å²) in [6.45, 7) is 12.5. The minimum atomic E-state index is -0.466. The van der Waals surface area contributed by atoms with Crippen molar-refractivity contribution in [3.8, 4) is 0 Å². The fourth-order valence-corrected chi connectivity index (χ4v) is 4.25. The van der Waals surface area contributed by atoms with Gasteiger partial charge < -0.3 is 26.2 Å². The first-order valence-corrected chi connectivity index (χ1v) is 14.7. The molecular weight excluding hydrogens is 544 g/mol. The van der Waals surface area contributed by atoms with Crippen LogP contribution in [0.1, 0.15) is 89.7 Å². The van der Waals surface area contributed by atoms with Crippen LogP contribution in [0.4, 0.5) is 27.8 Å². The molecule has 2 aromatic heterocycles. The molecule has 0 spiro atoms. The zero-order chi connectivity index (χ0) is 31.6. The van der Waals surface area contributed by atoms with Crippen molar-refractivity contribution in [1.29, 1.82) is 5.41 Å². The molecule has 0 saturated heterocycles. The van der Waals surface area contributed by atoms with Gasteiger partial charge in [0.25, 0.3) is 0 Å². The first-order chi connectivity index (χ1) is 20.4. The van der Waals surface area contributed by atoms with Gasteiger partial charge >= 0.3 is 6.03 Å². The number of nitrogens with zero attached hydrogens (tertiary/aromatic N) is 2. The van der Waals surface area contributed by atoms with Crippen molar-refractivity contribution in [2.45, 2.75) is 78.7 Å². The van der Waals surface area contributed by atoms with E-state index in [1.165, 1.54) is 0 Å². The summed E-state index contributed by atoms with van der Waals surface area (Å²) in [6.07, 6.45) is 8.51. The van der Waals surface area contributed by atoms with Gasteiger partial charge in [-0.1, -0.05) is 64.1 Å². The maximum Gasteiger partial charge on any atom is 0.324 e. The SMILES string of the molecule is CC/C=C/c1cnc(N)c(C(=N)c2ccc(NC(=O)Nc3cc(C(C)(C)C)on3)cc2)c1NCC[C@@H](C)NC(=O)CCC. The summed E-state index contributed by atoms with van der Waals surface area (Å²) in [5, 5.41) is 24.8. The van der Waals surface area contributed by atoms with Crippen LogP contribution in [0.25, 0.3) is 6.08 Å². The molecule has 0 radical (unpaired) electrons. The Labute approximate surface area is 253 Å². The van der Waals surface area contributed by atoms with E-state index in [0.717, 1.165) is 18.4 Å². The quantitative estimate of drug-likeness (QED) is 0.123. The number of amides is 3. The molecule has 1 aromatic carbocycles. The molecule has 2 heterocycles. The predicted molar refractivity (Wildman–Crippen MR) is 174 cm³/mol. The Bertz CT molecular complexity index is 1440. The molecule has 0 aliphatic rings. The number of nitrogens with two attached hydrogens (primary N) is 1. The number of hydrogen-bond acceptors (Lipinski definition) is 8. The molecule has 0 aliphatic heterocycles. The smallest absolute Gasteiger partial charge is 0.324 e. The van der Waals surface area contributed by atoms with Gasteiger partial charge in [-0.3, -0.25) is 15.5 Å². The average molecular weight is 589 g/mol. The summed E-state index contributed by atoms with van der Waals surface area (Å²) in [7, 11) is 0. The topological polar surface area (TPSA) is 171 Å². The Kier molecular flexibility index (Phi) is 11.4. The van der Waals surface area contributed by atoms with Crippen LogP contribution in [0, 0.1) is 5.41 Å². The van der Waals surface area contributed by atoms with E-state index in [9.17, 15) is 9.59 Å². The molecule has 0 aliphatic carbocycles. The highest BCUT2D eigenvalue weighted by Crippen LogP contribution is 2.29. The molecule has 1 atom stereocenters. The van der Waals surface area contributed by atoms with Crippen molar-refractivity contribution in [2.75, 3.05) is 28.2 Å². The molecule has 7 N–H and O–H groups in total. The first-order valence-electron chi connectivity index (χ1n) is 14.7. The second-order valence-corrected chi connectivity index (χ2v) is 11.5. The second-order valence-electron chi connectivity index (χ2n) is 11.5. The van der Waals surface area contributed by atoms with Crippen LogP contribution in [0.3, 0.4) is 0 Å². The largest absolute Gasteiger partial charge is 0.384 e. The molecule has 230 valence electrons. The number of anilines is 4. The van der Waals surface area contributed by atoms with Gasteiger partial charge in [0.15, 0.2) is 5.82 Å². The Morgan fingerprint density at radius 2 is 1.86 bits per heavy atom. The summed E-state index contributed by atoms with van der Waals surface area (Å²) in [6, 6.07) is 8.14. The maximum atomic E-state index is 12.5. The van der Waals surface area contributed by atoms with E-state index in [4.69, 9.17) is 15.7 Å². The van der Waals surface area contributed by atoms with Crippen molar-refractivity contribution >= 4 is 46.7 Å². The summed E-state index contributed by atoms with van der Waals surface area (Å²) in [5.74, 6) is 1.25. The normalized spacial score (nSPS) is 12.1. The van der Waals surface area contributed by atoms with Crippen LogP contribution in [-0.4, -0.2) is 40.4 Å². The average Bonchev–Trinajstić information content (AvgIpc) is 3.42. The summed E-state index contributed by atoms with van der Waals surface area (Å²) in [4.78, 5) is 28.9. The molecule has 0 saturated carbocycles. The summed E-state index contributed by atoms with van der Waals surface area (Å²) in [5.41, 5.74) is 9.45. The molecule has 0 fully saturated rings. The molecule has 11 heteroatoms. The van der Waals surface area contributed by atoms with Crippen LogP contribution in [0.15, 0.2) is 47.1 Å². The number of benzene rings is 1. The molecular formula is C32H44N8O3. The first kappa shape index (κ1) is 32.8. The fraction of sp³-hybridized carbons (Fsp3) is 0.406. The zero-order valence-electron chi connectivity index (χ0n) is 25.9. The maximum absolute atomic E-state index is 12.5. The van der Waals surface area contributed by atoms with E-state index in [1.807, 2.05) is 53.7 Å². The Balaban J connectivity index is 1.75. The number of nitrogens with one attached hydrogen (secondary N) is 5. The number of aromatic nitrogens is 2. The minimum Gasteiger partial charge on any atom is -0.384 e. The van der Waals surface area contributed by atoms with Crippen molar-refractivity contribution in [1.82, 2.24) is 15.5 Å². The number of pyridine rings is 1. The van der Waals surface area contributed by atoms with Gasteiger partial charge in [-0.2, -0.15) is 0 Å². The standard InChI is InChI=1S/C32H44N8O3/c1-7-9-11-22-19-36-30(34)27(29(22)35-17-16-20(3)37-26(41)10-8-2)28(33)21-12-14-23(15-13-21)38-31(42)39-25-18-24(43-40-25)32(4,5)6/h9,11-15,18-20,33H,7-8,10,16-17H2,1-6H3,(H,37,41)(H3,34,35,36)(H2,38,39,40,42)/b11-9+,33-28?/t20-/m1/s1.